The Balaban J connectivity index is 2.24. The summed E-state index contributed by atoms with van der Waals surface area (Å²) >= 11 is 2.33. The Hall–Kier alpha value is -2.26. The summed E-state index contributed by atoms with van der Waals surface area (Å²) in [6.07, 6.45) is 1.63. The van der Waals surface area contributed by atoms with Crippen molar-refractivity contribution in [1.29, 1.82) is 0 Å². The number of aromatic carboxylic acids is 1. The van der Waals surface area contributed by atoms with Crippen molar-refractivity contribution in [2.75, 3.05) is 0 Å². The maximum absolute atomic E-state index is 12.5. The molecule has 0 saturated carbocycles. The first-order chi connectivity index (χ1) is 10.4. The molecule has 22 heavy (non-hydrogen) atoms. The molecule has 0 saturated heterocycles. The minimum absolute atomic E-state index is 0.0356. The highest BCUT2D eigenvalue weighted by Crippen LogP contribution is 2.21. The second kappa shape index (κ2) is 5.18. The van der Waals surface area contributed by atoms with Crippen molar-refractivity contribution in [3.63, 3.8) is 0 Å². The number of rotatable bonds is 3. The molecule has 0 aromatic carbocycles. The van der Waals surface area contributed by atoms with Gasteiger partial charge < -0.3 is 5.11 Å². The number of carbonyl (C=O) groups is 1. The molecule has 3 aromatic heterocycles. The van der Waals surface area contributed by atoms with Crippen molar-refractivity contribution in [2.24, 2.45) is 7.05 Å². The van der Waals surface area contributed by atoms with Crippen LogP contribution in [0, 0.1) is 6.92 Å². The summed E-state index contributed by atoms with van der Waals surface area (Å²) in [5.41, 5.74) is -0.949. The summed E-state index contributed by atoms with van der Waals surface area (Å²) in [6.45, 7) is 1.97. The third kappa shape index (κ3) is 2.28. The van der Waals surface area contributed by atoms with Crippen molar-refractivity contribution < 1.29 is 9.90 Å². The lowest BCUT2D eigenvalue weighted by atomic mass is 10.3. The standard InChI is InChI=1S/C13H11N3O4S2/c1-6-14-4-7(21-6)5-16-10(17)8-3-9(12(18)19)22-11(8)15(2)13(16)20/h3-4H,5H2,1-2H3,(H,18,19). The molecule has 0 aliphatic carbocycles. The van der Waals surface area contributed by atoms with E-state index in [0.29, 0.717) is 4.83 Å². The highest BCUT2D eigenvalue weighted by atomic mass is 32.1. The summed E-state index contributed by atoms with van der Waals surface area (Å²) in [5.74, 6) is -1.11. The van der Waals surface area contributed by atoms with Crippen molar-refractivity contribution in [1.82, 2.24) is 14.1 Å². The average Bonchev–Trinajstić information content (AvgIpc) is 3.08. The van der Waals surface area contributed by atoms with Crippen LogP contribution in [-0.4, -0.2) is 25.2 Å². The highest BCUT2D eigenvalue weighted by molar-refractivity contribution is 7.20. The molecule has 3 rings (SSSR count). The number of aromatic nitrogens is 3. The van der Waals surface area contributed by atoms with E-state index in [4.69, 9.17) is 5.11 Å². The van der Waals surface area contributed by atoms with E-state index in [2.05, 4.69) is 4.98 Å². The lowest BCUT2D eigenvalue weighted by molar-refractivity contribution is 0.0702. The van der Waals surface area contributed by atoms with Crippen LogP contribution in [0.25, 0.3) is 10.2 Å². The largest absolute Gasteiger partial charge is 0.477 e. The fraction of sp³-hybridized carbons (Fsp3) is 0.231. The van der Waals surface area contributed by atoms with E-state index in [1.807, 2.05) is 6.92 Å². The van der Waals surface area contributed by atoms with Crippen LogP contribution in [0.2, 0.25) is 0 Å². The van der Waals surface area contributed by atoms with Crippen molar-refractivity contribution >= 4 is 38.9 Å². The van der Waals surface area contributed by atoms with Gasteiger partial charge in [-0.1, -0.05) is 0 Å². The molecule has 0 bridgehead atoms. The summed E-state index contributed by atoms with van der Waals surface area (Å²) in [6, 6.07) is 1.32. The Morgan fingerprint density at radius 1 is 1.36 bits per heavy atom. The number of hydrogen-bond acceptors (Lipinski definition) is 6. The molecule has 1 N–H and O–H groups in total. The SMILES string of the molecule is Cc1ncc(Cn2c(=O)c3cc(C(=O)O)sc3n(C)c2=O)s1. The lowest BCUT2D eigenvalue weighted by Gasteiger charge is -2.06. The van der Waals surface area contributed by atoms with Gasteiger partial charge >= 0.3 is 11.7 Å². The van der Waals surface area contributed by atoms with Crippen LogP contribution < -0.4 is 11.2 Å². The number of hydrogen-bond donors (Lipinski definition) is 1. The Morgan fingerprint density at radius 2 is 2.09 bits per heavy atom. The topological polar surface area (TPSA) is 94.2 Å². The highest BCUT2D eigenvalue weighted by Gasteiger charge is 2.17. The average molecular weight is 337 g/mol. The van der Waals surface area contributed by atoms with E-state index in [1.54, 1.807) is 6.20 Å². The van der Waals surface area contributed by atoms with Crippen LogP contribution in [0.15, 0.2) is 21.9 Å². The van der Waals surface area contributed by atoms with Gasteiger partial charge in [0.05, 0.1) is 16.9 Å². The molecule has 3 heterocycles. The number of nitrogens with zero attached hydrogens (tertiary/aromatic N) is 3. The maximum atomic E-state index is 12.5. The molecule has 0 radical (unpaired) electrons. The van der Waals surface area contributed by atoms with Crippen LogP contribution in [0.5, 0.6) is 0 Å². The Labute approximate surface area is 131 Å². The first-order valence-electron chi connectivity index (χ1n) is 6.26. The van der Waals surface area contributed by atoms with Gasteiger partial charge in [-0.15, -0.1) is 22.7 Å². The predicted molar refractivity (Wildman–Crippen MR) is 84.2 cm³/mol. The van der Waals surface area contributed by atoms with Gasteiger partial charge in [-0.05, 0) is 13.0 Å². The fourth-order valence-electron chi connectivity index (χ4n) is 2.16. The minimum atomic E-state index is -1.11. The lowest BCUT2D eigenvalue weighted by Crippen LogP contribution is -2.38. The van der Waals surface area contributed by atoms with E-state index in [1.165, 1.54) is 29.0 Å². The molecule has 7 nitrogen and oxygen atoms in total. The Bertz CT molecular complexity index is 1010. The van der Waals surface area contributed by atoms with Crippen molar-refractivity contribution in [2.45, 2.75) is 13.5 Å². The molecule has 0 aliphatic heterocycles. The van der Waals surface area contributed by atoms with Gasteiger partial charge in [0.25, 0.3) is 5.56 Å². The molecule has 9 heteroatoms. The predicted octanol–water partition coefficient (Wildman–Crippen LogP) is 1.27. The first kappa shape index (κ1) is 14.7. The van der Waals surface area contributed by atoms with Crippen molar-refractivity contribution in [3.05, 3.63) is 47.9 Å². The number of fused-ring (bicyclic) bond motifs is 1. The third-order valence-corrected chi connectivity index (χ3v) is 5.30. The van der Waals surface area contributed by atoms with E-state index in [9.17, 15) is 14.4 Å². The number of thiazole rings is 1. The van der Waals surface area contributed by atoms with Crippen LogP contribution >= 0.6 is 22.7 Å². The van der Waals surface area contributed by atoms with Gasteiger partial charge in [0.15, 0.2) is 0 Å². The normalized spacial score (nSPS) is 11.2. The monoisotopic (exact) mass is 337 g/mol. The van der Waals surface area contributed by atoms with Gasteiger partial charge in [-0.2, -0.15) is 0 Å². The smallest absolute Gasteiger partial charge is 0.345 e. The van der Waals surface area contributed by atoms with Gasteiger partial charge in [-0.3, -0.25) is 13.9 Å². The molecule has 0 fully saturated rings. The summed E-state index contributed by atoms with van der Waals surface area (Å²) in [4.78, 5) is 41.2. The second-order valence-electron chi connectivity index (χ2n) is 4.71. The van der Waals surface area contributed by atoms with Gasteiger partial charge in [-0.25, -0.2) is 14.6 Å². The van der Waals surface area contributed by atoms with Crippen LogP contribution in [0.1, 0.15) is 19.6 Å². The second-order valence-corrected chi connectivity index (χ2v) is 7.06. The maximum Gasteiger partial charge on any atom is 0.345 e. The molecule has 0 spiro atoms. The Kier molecular flexibility index (Phi) is 3.45. The molecule has 0 unspecified atom stereocenters. The summed E-state index contributed by atoms with van der Waals surface area (Å²) in [7, 11) is 1.53. The van der Waals surface area contributed by atoms with Crippen molar-refractivity contribution in [3.8, 4) is 0 Å². The molecular formula is C13H11N3O4S2. The zero-order valence-corrected chi connectivity index (χ0v) is 13.3. The quantitative estimate of drug-likeness (QED) is 0.777. The minimum Gasteiger partial charge on any atom is -0.477 e. The third-order valence-electron chi connectivity index (χ3n) is 3.20. The van der Waals surface area contributed by atoms with Crippen LogP contribution in [-0.2, 0) is 13.6 Å². The molecular weight excluding hydrogens is 326 g/mol. The Morgan fingerprint density at radius 3 is 2.68 bits per heavy atom. The molecule has 114 valence electrons. The van der Waals surface area contributed by atoms with Crippen LogP contribution in [0.3, 0.4) is 0 Å². The number of thiophene rings is 1. The van der Waals surface area contributed by atoms with E-state index in [0.717, 1.165) is 25.8 Å². The number of carboxylic acid groups (broad SMARTS) is 1. The van der Waals surface area contributed by atoms with Gasteiger partial charge in [0, 0.05) is 18.1 Å². The van der Waals surface area contributed by atoms with E-state index < -0.39 is 17.2 Å². The molecule has 0 atom stereocenters. The number of carboxylic acids is 1. The zero-order chi connectivity index (χ0) is 16.0. The van der Waals surface area contributed by atoms with Gasteiger partial charge in [0.2, 0.25) is 0 Å². The molecule has 0 amide bonds. The first-order valence-corrected chi connectivity index (χ1v) is 7.89. The molecule has 3 aromatic rings. The molecule has 0 aliphatic rings. The fourth-order valence-corrected chi connectivity index (χ4v) is 3.89. The number of aryl methyl sites for hydroxylation is 2. The van der Waals surface area contributed by atoms with Crippen LogP contribution in [0.4, 0.5) is 0 Å². The van der Waals surface area contributed by atoms with Gasteiger partial charge in [0.1, 0.15) is 9.71 Å². The van der Waals surface area contributed by atoms with E-state index in [-0.39, 0.29) is 16.8 Å². The summed E-state index contributed by atoms with van der Waals surface area (Å²) < 4.78 is 2.41. The zero-order valence-electron chi connectivity index (χ0n) is 11.7. The van der Waals surface area contributed by atoms with E-state index >= 15 is 0 Å². The summed E-state index contributed by atoms with van der Waals surface area (Å²) in [5, 5.41) is 10.1.